The van der Waals surface area contributed by atoms with Gasteiger partial charge in [0.25, 0.3) is 5.56 Å². The largest absolute Gasteiger partial charge is 0.332 e. The van der Waals surface area contributed by atoms with E-state index in [4.69, 9.17) is 0 Å². The molecule has 4 rings (SSSR count). The number of imidazole rings is 2. The lowest BCUT2D eigenvalue weighted by atomic mass is 10.1. The first-order valence-corrected chi connectivity index (χ1v) is 9.13. The molecular formula is C20H23N5O2. The minimum absolute atomic E-state index is 0.332. The van der Waals surface area contributed by atoms with Gasteiger partial charge in [-0.3, -0.25) is 18.3 Å². The van der Waals surface area contributed by atoms with Crippen molar-refractivity contribution in [2.24, 2.45) is 20.0 Å². The van der Waals surface area contributed by atoms with Gasteiger partial charge in [0.2, 0.25) is 5.78 Å². The Labute approximate surface area is 156 Å². The summed E-state index contributed by atoms with van der Waals surface area (Å²) in [5, 5.41) is 0. The zero-order chi connectivity index (χ0) is 19.3. The lowest BCUT2D eigenvalue weighted by Gasteiger charge is -2.10. The molecule has 1 aromatic carbocycles. The van der Waals surface area contributed by atoms with E-state index in [0.717, 1.165) is 28.8 Å². The molecule has 0 fully saturated rings. The molecule has 3 heterocycles. The van der Waals surface area contributed by atoms with Crippen LogP contribution in [-0.4, -0.2) is 23.1 Å². The maximum atomic E-state index is 12.8. The number of hydrogen-bond acceptors (Lipinski definition) is 3. The van der Waals surface area contributed by atoms with Crippen LogP contribution in [0.3, 0.4) is 0 Å². The van der Waals surface area contributed by atoms with Gasteiger partial charge in [0.05, 0.1) is 5.69 Å². The van der Waals surface area contributed by atoms with E-state index in [9.17, 15) is 9.59 Å². The van der Waals surface area contributed by atoms with Gasteiger partial charge in [-0.2, -0.15) is 4.98 Å². The van der Waals surface area contributed by atoms with Crippen molar-refractivity contribution in [1.29, 1.82) is 0 Å². The number of benzene rings is 1. The third-order valence-corrected chi connectivity index (χ3v) is 5.06. The molecule has 140 valence electrons. The molecule has 0 spiro atoms. The molecular weight excluding hydrogens is 342 g/mol. The van der Waals surface area contributed by atoms with Gasteiger partial charge in [0.15, 0.2) is 11.2 Å². The Morgan fingerprint density at radius 2 is 1.74 bits per heavy atom. The minimum atomic E-state index is -0.370. The van der Waals surface area contributed by atoms with E-state index >= 15 is 0 Å². The van der Waals surface area contributed by atoms with Crippen molar-refractivity contribution in [3.63, 3.8) is 0 Å². The van der Waals surface area contributed by atoms with Crippen molar-refractivity contribution in [3.8, 4) is 11.3 Å². The number of aromatic nitrogens is 5. The normalized spacial score (nSPS) is 11.9. The maximum absolute atomic E-state index is 12.8. The number of nitrogens with zero attached hydrogens (tertiary/aromatic N) is 5. The fraction of sp³-hybridized carbons (Fsp3) is 0.350. The highest BCUT2D eigenvalue weighted by Crippen LogP contribution is 2.26. The Balaban J connectivity index is 2.09. The topological polar surface area (TPSA) is 66.2 Å². The summed E-state index contributed by atoms with van der Waals surface area (Å²) in [6, 6.07) is 10.1. The van der Waals surface area contributed by atoms with Gasteiger partial charge >= 0.3 is 5.69 Å². The summed E-state index contributed by atoms with van der Waals surface area (Å²) < 4.78 is 6.52. The molecule has 0 radical (unpaired) electrons. The van der Waals surface area contributed by atoms with Crippen molar-refractivity contribution in [2.45, 2.75) is 26.8 Å². The minimum Gasteiger partial charge on any atom is -0.310 e. The first kappa shape index (κ1) is 17.3. The van der Waals surface area contributed by atoms with E-state index in [-0.39, 0.29) is 11.2 Å². The zero-order valence-electron chi connectivity index (χ0n) is 16.0. The lowest BCUT2D eigenvalue weighted by molar-refractivity contribution is 0.524. The second kappa shape index (κ2) is 6.26. The van der Waals surface area contributed by atoms with E-state index < -0.39 is 0 Å². The van der Waals surface area contributed by atoms with Gasteiger partial charge in [-0.25, -0.2) is 4.79 Å². The molecule has 0 bridgehead atoms. The molecule has 0 unspecified atom stereocenters. The molecule has 7 heteroatoms. The second-order valence-corrected chi connectivity index (χ2v) is 7.37. The molecule has 0 aliphatic carbocycles. The van der Waals surface area contributed by atoms with E-state index in [2.05, 4.69) is 35.5 Å². The van der Waals surface area contributed by atoms with Crippen molar-refractivity contribution in [3.05, 3.63) is 57.4 Å². The van der Waals surface area contributed by atoms with Crippen LogP contribution >= 0.6 is 0 Å². The van der Waals surface area contributed by atoms with Crippen LogP contribution in [0.1, 0.15) is 20.3 Å². The molecule has 0 amide bonds. The highest BCUT2D eigenvalue weighted by Gasteiger charge is 2.20. The molecule has 0 saturated carbocycles. The third kappa shape index (κ3) is 2.61. The molecule has 27 heavy (non-hydrogen) atoms. The Morgan fingerprint density at radius 3 is 2.41 bits per heavy atom. The average molecular weight is 365 g/mol. The Morgan fingerprint density at radius 1 is 1.04 bits per heavy atom. The summed E-state index contributed by atoms with van der Waals surface area (Å²) in [6.45, 7) is 5.16. The Kier molecular flexibility index (Phi) is 4.02. The van der Waals surface area contributed by atoms with E-state index in [1.54, 1.807) is 7.05 Å². The number of hydrogen-bond donors (Lipinski definition) is 0. The molecule has 0 N–H and O–H groups in total. The summed E-state index contributed by atoms with van der Waals surface area (Å²) in [7, 11) is 3.14. The van der Waals surface area contributed by atoms with Gasteiger partial charge in [-0.05, 0) is 17.9 Å². The van der Waals surface area contributed by atoms with Crippen molar-refractivity contribution in [2.75, 3.05) is 0 Å². The SMILES string of the molecule is CC(C)CCn1c(-c2ccccc2)cn2c3c(=O)n(C)c(=O)n(C)c3nc12. The summed E-state index contributed by atoms with van der Waals surface area (Å²) >= 11 is 0. The van der Waals surface area contributed by atoms with Crippen LogP contribution < -0.4 is 11.2 Å². The molecule has 0 aliphatic heterocycles. The van der Waals surface area contributed by atoms with Crippen molar-refractivity contribution >= 4 is 16.9 Å². The first-order chi connectivity index (χ1) is 12.9. The number of aryl methyl sites for hydroxylation is 2. The summed E-state index contributed by atoms with van der Waals surface area (Å²) in [6.07, 6.45) is 2.94. The van der Waals surface area contributed by atoms with Crippen LogP contribution in [0.2, 0.25) is 0 Å². The quantitative estimate of drug-likeness (QED) is 0.558. The molecule has 7 nitrogen and oxygen atoms in total. The van der Waals surface area contributed by atoms with Gasteiger partial charge in [0.1, 0.15) is 0 Å². The third-order valence-electron chi connectivity index (χ3n) is 5.06. The van der Waals surface area contributed by atoms with Crippen LogP contribution in [-0.2, 0) is 20.6 Å². The molecule has 0 aliphatic rings. The van der Waals surface area contributed by atoms with Crippen LogP contribution in [0.25, 0.3) is 28.2 Å². The average Bonchev–Trinajstić information content (AvgIpc) is 3.20. The predicted molar refractivity (Wildman–Crippen MR) is 106 cm³/mol. The van der Waals surface area contributed by atoms with Gasteiger partial charge in [0, 0.05) is 26.8 Å². The van der Waals surface area contributed by atoms with Crippen LogP contribution in [0.4, 0.5) is 0 Å². The lowest BCUT2D eigenvalue weighted by Crippen LogP contribution is -2.37. The van der Waals surface area contributed by atoms with Gasteiger partial charge in [-0.1, -0.05) is 44.2 Å². The predicted octanol–water partition coefficient (Wildman–Crippen LogP) is 2.40. The summed E-state index contributed by atoms with van der Waals surface area (Å²) in [5.41, 5.74) is 2.22. The highest BCUT2D eigenvalue weighted by molar-refractivity contribution is 5.78. The van der Waals surface area contributed by atoms with E-state index in [1.807, 2.05) is 28.8 Å². The maximum Gasteiger partial charge on any atom is 0.332 e. The molecule has 0 atom stereocenters. The number of fused-ring (bicyclic) bond motifs is 3. The second-order valence-electron chi connectivity index (χ2n) is 7.37. The van der Waals surface area contributed by atoms with Crippen molar-refractivity contribution < 1.29 is 0 Å². The standard InChI is InChI=1S/C20H23N5O2/c1-13(2)10-11-24-15(14-8-6-5-7-9-14)12-25-16-17(21-19(24)25)22(3)20(27)23(4)18(16)26/h5-9,12-13H,10-11H2,1-4H3. The molecule has 0 saturated heterocycles. The highest BCUT2D eigenvalue weighted by atomic mass is 16.2. The summed E-state index contributed by atoms with van der Waals surface area (Å²) in [4.78, 5) is 29.7. The van der Waals surface area contributed by atoms with E-state index in [1.165, 1.54) is 11.6 Å². The monoisotopic (exact) mass is 365 g/mol. The van der Waals surface area contributed by atoms with E-state index in [0.29, 0.717) is 22.9 Å². The van der Waals surface area contributed by atoms with Crippen LogP contribution in [0.5, 0.6) is 0 Å². The van der Waals surface area contributed by atoms with Gasteiger partial charge < -0.3 is 4.57 Å². The Hall–Kier alpha value is -3.09. The van der Waals surface area contributed by atoms with Crippen molar-refractivity contribution in [1.82, 2.24) is 23.1 Å². The van der Waals surface area contributed by atoms with Gasteiger partial charge in [-0.15, -0.1) is 0 Å². The summed E-state index contributed by atoms with van der Waals surface area (Å²) in [5.74, 6) is 1.22. The van der Waals surface area contributed by atoms with Crippen LogP contribution in [0.15, 0.2) is 46.1 Å². The fourth-order valence-electron chi connectivity index (χ4n) is 3.46. The molecule has 3 aromatic heterocycles. The zero-order valence-corrected chi connectivity index (χ0v) is 16.0. The van der Waals surface area contributed by atoms with Crippen LogP contribution in [0, 0.1) is 5.92 Å². The molecule has 4 aromatic rings. The first-order valence-electron chi connectivity index (χ1n) is 9.13. The Bertz CT molecular complexity index is 1260. The number of rotatable bonds is 4. The fourth-order valence-corrected chi connectivity index (χ4v) is 3.46. The smallest absolute Gasteiger partial charge is 0.310 e.